The maximum atomic E-state index is 6.12. The molecule has 0 heterocycles. The van der Waals surface area contributed by atoms with Gasteiger partial charge >= 0.3 is 0 Å². The van der Waals surface area contributed by atoms with Gasteiger partial charge in [0.2, 0.25) is 0 Å². The number of anilines is 1. The molecule has 2 rings (SSSR count). The van der Waals surface area contributed by atoms with Gasteiger partial charge in [-0.3, -0.25) is 0 Å². The molecule has 2 aromatic rings. The molecule has 0 saturated carbocycles. The van der Waals surface area contributed by atoms with Crippen molar-refractivity contribution in [3.63, 3.8) is 0 Å². The Morgan fingerprint density at radius 3 is 2.47 bits per heavy atom. The average Bonchev–Trinajstić information content (AvgIpc) is 2.40. The van der Waals surface area contributed by atoms with Gasteiger partial charge in [0.1, 0.15) is 5.75 Å². The summed E-state index contributed by atoms with van der Waals surface area (Å²) in [5, 5.41) is 4.59. The van der Waals surface area contributed by atoms with Crippen molar-refractivity contribution >= 4 is 44.8 Å². The van der Waals surface area contributed by atoms with Crippen LogP contribution in [-0.4, -0.2) is 7.11 Å². The second-order valence-electron chi connectivity index (χ2n) is 3.90. The van der Waals surface area contributed by atoms with Gasteiger partial charge in [0.25, 0.3) is 0 Å². The van der Waals surface area contributed by atoms with Crippen molar-refractivity contribution in [2.45, 2.75) is 6.54 Å². The number of benzene rings is 2. The van der Waals surface area contributed by atoms with Gasteiger partial charge in [0.15, 0.2) is 0 Å². The van der Waals surface area contributed by atoms with E-state index < -0.39 is 0 Å². The lowest BCUT2D eigenvalue weighted by Gasteiger charge is -2.11. The van der Waals surface area contributed by atoms with E-state index in [4.69, 9.17) is 27.9 Å². The first-order valence-electron chi connectivity index (χ1n) is 5.62. The molecule has 0 spiro atoms. The Morgan fingerprint density at radius 2 is 1.84 bits per heavy atom. The van der Waals surface area contributed by atoms with Gasteiger partial charge in [-0.1, -0.05) is 29.3 Å². The lowest BCUT2D eigenvalue weighted by atomic mass is 10.2. The van der Waals surface area contributed by atoms with Crippen LogP contribution in [0, 0.1) is 0 Å². The number of nitrogens with one attached hydrogen (secondary N) is 1. The van der Waals surface area contributed by atoms with Crippen molar-refractivity contribution < 1.29 is 4.74 Å². The Bertz CT molecular complexity index is 569. The van der Waals surface area contributed by atoms with Crippen molar-refractivity contribution in [3.8, 4) is 5.75 Å². The van der Waals surface area contributed by atoms with Crippen molar-refractivity contribution in [1.29, 1.82) is 0 Å². The van der Waals surface area contributed by atoms with E-state index in [0.717, 1.165) is 21.5 Å². The Hall–Kier alpha value is -0.900. The molecular formula is C14H12BrCl2NO. The maximum Gasteiger partial charge on any atom is 0.135 e. The highest BCUT2D eigenvalue weighted by molar-refractivity contribution is 9.10. The fourth-order valence-electron chi connectivity index (χ4n) is 1.66. The van der Waals surface area contributed by atoms with Gasteiger partial charge in [0, 0.05) is 33.9 Å². The summed E-state index contributed by atoms with van der Waals surface area (Å²) >= 11 is 15.7. The molecule has 0 amide bonds. The van der Waals surface area contributed by atoms with E-state index in [2.05, 4.69) is 21.2 Å². The second-order valence-corrected chi connectivity index (χ2v) is 5.57. The smallest absolute Gasteiger partial charge is 0.135 e. The largest absolute Gasteiger partial charge is 0.495 e. The molecule has 0 aromatic heterocycles. The van der Waals surface area contributed by atoms with E-state index in [-0.39, 0.29) is 0 Å². The maximum absolute atomic E-state index is 6.12. The van der Waals surface area contributed by atoms with Gasteiger partial charge in [-0.05, 0) is 40.2 Å². The number of rotatable bonds is 4. The van der Waals surface area contributed by atoms with Crippen LogP contribution in [0.1, 0.15) is 5.56 Å². The first-order valence-corrected chi connectivity index (χ1v) is 7.17. The highest BCUT2D eigenvalue weighted by Crippen LogP contribution is 2.29. The fourth-order valence-corrected chi connectivity index (χ4v) is 2.60. The summed E-state index contributed by atoms with van der Waals surface area (Å²) in [6.07, 6.45) is 0. The van der Waals surface area contributed by atoms with Crippen LogP contribution in [0.25, 0.3) is 0 Å². The summed E-state index contributed by atoms with van der Waals surface area (Å²) in [5.41, 5.74) is 1.82. The van der Waals surface area contributed by atoms with Crippen LogP contribution in [0.15, 0.2) is 40.9 Å². The molecule has 2 nitrogen and oxygen atoms in total. The summed E-state index contributed by atoms with van der Waals surface area (Å²) in [5.74, 6) is 0.773. The van der Waals surface area contributed by atoms with E-state index in [1.807, 2.05) is 36.4 Å². The molecule has 0 unspecified atom stereocenters. The van der Waals surface area contributed by atoms with Gasteiger partial charge in [0.05, 0.1) is 11.6 Å². The zero-order chi connectivity index (χ0) is 13.8. The molecule has 0 aliphatic carbocycles. The van der Waals surface area contributed by atoms with Crippen LogP contribution in [0.5, 0.6) is 5.75 Å². The van der Waals surface area contributed by atoms with E-state index in [0.29, 0.717) is 16.6 Å². The van der Waals surface area contributed by atoms with Crippen molar-refractivity contribution in [2.75, 3.05) is 12.4 Å². The van der Waals surface area contributed by atoms with Crippen LogP contribution < -0.4 is 10.1 Å². The molecule has 1 N–H and O–H groups in total. The van der Waals surface area contributed by atoms with Gasteiger partial charge in [-0.2, -0.15) is 0 Å². The topological polar surface area (TPSA) is 21.3 Å². The van der Waals surface area contributed by atoms with Crippen LogP contribution in [0.4, 0.5) is 5.69 Å². The standard InChI is InChI=1S/C14H12BrCl2NO/c1-19-14-7-9(5-6-11(14)15)18-8-10-12(16)3-2-4-13(10)17/h2-7,18H,8H2,1H3. The SMILES string of the molecule is COc1cc(NCc2c(Cl)cccc2Cl)ccc1Br. The van der Waals surface area contributed by atoms with E-state index in [9.17, 15) is 0 Å². The minimum atomic E-state index is 0.559. The predicted octanol–water partition coefficient (Wildman–Crippen LogP) is 5.38. The van der Waals surface area contributed by atoms with Gasteiger partial charge in [-0.15, -0.1) is 0 Å². The molecule has 0 fully saturated rings. The van der Waals surface area contributed by atoms with E-state index in [1.54, 1.807) is 7.11 Å². The molecule has 19 heavy (non-hydrogen) atoms. The number of halogens is 3. The van der Waals surface area contributed by atoms with E-state index in [1.165, 1.54) is 0 Å². The molecule has 5 heteroatoms. The minimum Gasteiger partial charge on any atom is -0.495 e. The van der Waals surface area contributed by atoms with Crippen LogP contribution in [-0.2, 0) is 6.54 Å². The van der Waals surface area contributed by atoms with Gasteiger partial charge in [-0.25, -0.2) is 0 Å². The molecule has 0 saturated heterocycles. The monoisotopic (exact) mass is 359 g/mol. The summed E-state index contributed by atoms with van der Waals surface area (Å²) in [7, 11) is 1.63. The molecule has 2 aromatic carbocycles. The molecule has 0 atom stereocenters. The van der Waals surface area contributed by atoms with E-state index >= 15 is 0 Å². The third kappa shape index (κ3) is 3.56. The van der Waals surface area contributed by atoms with Crippen molar-refractivity contribution in [1.82, 2.24) is 0 Å². The number of methoxy groups -OCH3 is 1. The zero-order valence-corrected chi connectivity index (χ0v) is 13.3. The highest BCUT2D eigenvalue weighted by atomic mass is 79.9. The molecule has 0 bridgehead atoms. The summed E-state index contributed by atoms with van der Waals surface area (Å²) < 4.78 is 6.16. The highest BCUT2D eigenvalue weighted by Gasteiger charge is 2.06. The molecule has 0 aliphatic heterocycles. The minimum absolute atomic E-state index is 0.559. The van der Waals surface area contributed by atoms with Crippen LogP contribution >= 0.6 is 39.1 Å². The summed E-state index contributed by atoms with van der Waals surface area (Å²) in [6.45, 7) is 0.559. The predicted molar refractivity (Wildman–Crippen MR) is 84.5 cm³/mol. The van der Waals surface area contributed by atoms with Gasteiger partial charge < -0.3 is 10.1 Å². The zero-order valence-electron chi connectivity index (χ0n) is 10.2. The Morgan fingerprint density at radius 1 is 1.16 bits per heavy atom. The fraction of sp³-hybridized carbons (Fsp3) is 0.143. The molecule has 0 radical (unpaired) electrons. The van der Waals surface area contributed by atoms with Crippen LogP contribution in [0.3, 0.4) is 0 Å². The first-order chi connectivity index (χ1) is 9.11. The summed E-state index contributed by atoms with van der Waals surface area (Å²) in [4.78, 5) is 0. The quantitative estimate of drug-likeness (QED) is 0.790. The van der Waals surface area contributed by atoms with Crippen molar-refractivity contribution in [3.05, 3.63) is 56.5 Å². The first kappa shape index (κ1) is 14.5. The molecule has 100 valence electrons. The van der Waals surface area contributed by atoms with Crippen molar-refractivity contribution in [2.24, 2.45) is 0 Å². The lowest BCUT2D eigenvalue weighted by molar-refractivity contribution is 0.412. The Labute approximate surface area is 130 Å². The Balaban J connectivity index is 2.15. The lowest BCUT2D eigenvalue weighted by Crippen LogP contribution is -2.01. The third-order valence-corrected chi connectivity index (χ3v) is 4.05. The third-order valence-electron chi connectivity index (χ3n) is 2.68. The Kier molecular flexibility index (Phi) is 4.97. The van der Waals surface area contributed by atoms with Crippen LogP contribution in [0.2, 0.25) is 10.0 Å². The summed E-state index contributed by atoms with van der Waals surface area (Å²) in [6, 6.07) is 11.3. The molecular weight excluding hydrogens is 349 g/mol. The number of hydrogen-bond acceptors (Lipinski definition) is 2. The number of hydrogen-bond donors (Lipinski definition) is 1. The molecule has 0 aliphatic rings. The second kappa shape index (κ2) is 6.51. The average molecular weight is 361 g/mol. The number of ether oxygens (including phenoxy) is 1. The normalized spacial score (nSPS) is 10.3.